The third-order valence-electron chi connectivity index (χ3n) is 3.68. The molecule has 2 aromatic rings. The van der Waals surface area contributed by atoms with Crippen LogP contribution >= 0.6 is 0 Å². The fraction of sp³-hybridized carbons (Fsp3) is 0.235. The number of rotatable bonds is 7. The Balaban J connectivity index is 2.51. The van der Waals surface area contributed by atoms with Crippen LogP contribution < -0.4 is 10.5 Å². The van der Waals surface area contributed by atoms with E-state index in [4.69, 9.17) is 5.73 Å². The van der Waals surface area contributed by atoms with Gasteiger partial charge < -0.3 is 15.9 Å². The van der Waals surface area contributed by atoms with Gasteiger partial charge in [-0.25, -0.2) is 13.1 Å². The van der Waals surface area contributed by atoms with Gasteiger partial charge in [-0.3, -0.25) is 4.79 Å². The highest BCUT2D eigenvalue weighted by molar-refractivity contribution is 7.89. The van der Waals surface area contributed by atoms with Crippen LogP contribution in [-0.4, -0.2) is 37.2 Å². The van der Waals surface area contributed by atoms with E-state index in [1.54, 1.807) is 18.2 Å². The Morgan fingerprint density at radius 3 is 2.32 bits per heavy atom. The average Bonchev–Trinajstić information content (AvgIpc) is 2.60. The van der Waals surface area contributed by atoms with E-state index in [2.05, 4.69) is 4.72 Å². The van der Waals surface area contributed by atoms with Gasteiger partial charge in [0.1, 0.15) is 0 Å². The molecular weight excluding hydrogens is 344 g/mol. The Morgan fingerprint density at radius 1 is 1.16 bits per heavy atom. The lowest BCUT2D eigenvalue weighted by atomic mass is 9.86. The topological polar surface area (TPSA) is 130 Å². The van der Waals surface area contributed by atoms with Gasteiger partial charge >= 0.3 is 0 Å². The largest absolute Gasteiger partial charge is 0.392 e. The lowest BCUT2D eigenvalue weighted by Crippen LogP contribution is -2.42. The molecule has 0 aliphatic heterocycles. The molecule has 0 heterocycles. The molecule has 0 aliphatic rings. The lowest BCUT2D eigenvalue weighted by Gasteiger charge is -2.26. The number of hydrogen-bond acceptors (Lipinski definition) is 5. The van der Waals surface area contributed by atoms with Crippen molar-refractivity contribution in [2.24, 2.45) is 5.73 Å². The molecule has 0 saturated heterocycles. The van der Waals surface area contributed by atoms with Crippen LogP contribution in [0.5, 0.6) is 0 Å². The van der Waals surface area contributed by atoms with Crippen LogP contribution in [0, 0.1) is 0 Å². The molecule has 0 radical (unpaired) electrons. The lowest BCUT2D eigenvalue weighted by molar-refractivity contribution is -0.133. The monoisotopic (exact) mass is 364 g/mol. The smallest absolute Gasteiger partial charge is 0.258 e. The van der Waals surface area contributed by atoms with E-state index in [1.165, 1.54) is 43.3 Å². The fourth-order valence-electron chi connectivity index (χ4n) is 2.33. The van der Waals surface area contributed by atoms with Gasteiger partial charge in [0.05, 0.1) is 11.0 Å². The Labute approximate surface area is 146 Å². The van der Waals surface area contributed by atoms with E-state index in [-0.39, 0.29) is 22.6 Å². The molecular formula is C17H20N2O5S. The first-order valence-electron chi connectivity index (χ1n) is 7.54. The highest BCUT2D eigenvalue weighted by atomic mass is 32.2. The summed E-state index contributed by atoms with van der Waals surface area (Å²) in [5, 5.41) is 20.1. The van der Waals surface area contributed by atoms with Crippen LogP contribution in [0.25, 0.3) is 0 Å². The van der Waals surface area contributed by atoms with Crippen molar-refractivity contribution in [2.45, 2.75) is 23.5 Å². The van der Waals surface area contributed by atoms with Gasteiger partial charge in [-0.15, -0.1) is 0 Å². The third-order valence-corrected chi connectivity index (χ3v) is 5.10. The third kappa shape index (κ3) is 4.05. The SMILES string of the molecule is CC(O)CNS(=O)(=O)c1cccc(C(O)(C(N)=O)c2ccccc2)c1. The van der Waals surface area contributed by atoms with Gasteiger partial charge in [0, 0.05) is 6.54 Å². The first-order valence-corrected chi connectivity index (χ1v) is 9.02. The standard InChI is InChI=1S/C17H20N2O5S/c1-12(20)11-19-25(23,24)15-9-5-8-14(10-15)17(22,16(18)21)13-6-3-2-4-7-13/h2-10,12,19-20,22H,11H2,1H3,(H2,18,21). The molecule has 134 valence electrons. The van der Waals surface area contributed by atoms with Crippen molar-refractivity contribution >= 4 is 15.9 Å². The normalized spacial score (nSPS) is 15.3. The van der Waals surface area contributed by atoms with Crippen molar-refractivity contribution in [3.05, 3.63) is 65.7 Å². The molecule has 0 aliphatic carbocycles. The average molecular weight is 364 g/mol. The summed E-state index contributed by atoms with van der Waals surface area (Å²) >= 11 is 0. The van der Waals surface area contributed by atoms with E-state index in [1.807, 2.05) is 0 Å². The second kappa shape index (κ2) is 7.32. The first-order chi connectivity index (χ1) is 11.7. The number of hydrogen-bond donors (Lipinski definition) is 4. The van der Waals surface area contributed by atoms with Crippen LogP contribution in [0.1, 0.15) is 18.1 Å². The molecule has 0 bridgehead atoms. The van der Waals surface area contributed by atoms with Crippen molar-refractivity contribution in [1.29, 1.82) is 0 Å². The number of aliphatic hydroxyl groups excluding tert-OH is 1. The molecule has 2 atom stereocenters. The zero-order chi connectivity index (χ0) is 18.7. The Hall–Kier alpha value is -2.26. The van der Waals surface area contributed by atoms with Crippen LogP contribution in [0.3, 0.4) is 0 Å². The Kier molecular flexibility index (Phi) is 5.58. The molecule has 0 aromatic heterocycles. The highest BCUT2D eigenvalue weighted by Gasteiger charge is 2.38. The molecule has 2 rings (SSSR count). The predicted molar refractivity (Wildman–Crippen MR) is 91.9 cm³/mol. The van der Waals surface area contributed by atoms with Crippen molar-refractivity contribution in [3.63, 3.8) is 0 Å². The molecule has 7 nitrogen and oxygen atoms in total. The van der Waals surface area contributed by atoms with E-state index in [0.29, 0.717) is 0 Å². The maximum Gasteiger partial charge on any atom is 0.258 e. The maximum absolute atomic E-state index is 12.3. The van der Waals surface area contributed by atoms with Gasteiger partial charge in [0.25, 0.3) is 5.91 Å². The molecule has 5 N–H and O–H groups in total. The zero-order valence-electron chi connectivity index (χ0n) is 13.6. The molecule has 0 fully saturated rings. The van der Waals surface area contributed by atoms with Crippen molar-refractivity contribution < 1.29 is 23.4 Å². The second-order valence-electron chi connectivity index (χ2n) is 5.67. The van der Waals surface area contributed by atoms with Crippen LogP contribution in [0.15, 0.2) is 59.5 Å². The van der Waals surface area contributed by atoms with Crippen molar-refractivity contribution in [3.8, 4) is 0 Å². The van der Waals surface area contributed by atoms with Crippen molar-refractivity contribution in [1.82, 2.24) is 4.72 Å². The molecule has 8 heteroatoms. The minimum Gasteiger partial charge on any atom is -0.392 e. The quantitative estimate of drug-likeness (QED) is 0.552. The Morgan fingerprint density at radius 2 is 1.76 bits per heavy atom. The number of nitrogens with two attached hydrogens (primary N) is 1. The molecule has 2 unspecified atom stereocenters. The summed E-state index contributed by atoms with van der Waals surface area (Å²) in [5.74, 6) is -1.02. The van der Waals surface area contributed by atoms with Crippen LogP contribution in [0.2, 0.25) is 0 Å². The summed E-state index contributed by atoms with van der Waals surface area (Å²) in [6.45, 7) is 1.28. The second-order valence-corrected chi connectivity index (χ2v) is 7.44. The van der Waals surface area contributed by atoms with E-state index >= 15 is 0 Å². The number of amides is 1. The summed E-state index contributed by atoms with van der Waals surface area (Å²) in [4.78, 5) is 11.8. The molecule has 25 heavy (non-hydrogen) atoms. The minimum absolute atomic E-state index is 0.0334. The first kappa shape index (κ1) is 19.1. The molecule has 1 amide bonds. The van der Waals surface area contributed by atoms with Crippen LogP contribution in [-0.2, 0) is 20.4 Å². The van der Waals surface area contributed by atoms with Gasteiger partial charge in [-0.1, -0.05) is 42.5 Å². The number of sulfonamides is 1. The Bertz CT molecular complexity index is 852. The molecule has 0 spiro atoms. The summed E-state index contributed by atoms with van der Waals surface area (Å²) in [5.41, 5.74) is 3.50. The van der Waals surface area contributed by atoms with Gasteiger partial charge in [0.15, 0.2) is 5.60 Å². The summed E-state index contributed by atoms with van der Waals surface area (Å²) < 4.78 is 26.9. The number of benzene rings is 2. The summed E-state index contributed by atoms with van der Waals surface area (Å²) in [6.07, 6.45) is -0.857. The maximum atomic E-state index is 12.3. The number of primary amides is 1. The summed E-state index contributed by atoms with van der Waals surface area (Å²) in [7, 11) is -3.92. The van der Waals surface area contributed by atoms with Crippen LogP contribution in [0.4, 0.5) is 0 Å². The van der Waals surface area contributed by atoms with E-state index < -0.39 is 27.6 Å². The van der Waals surface area contributed by atoms with Crippen molar-refractivity contribution in [2.75, 3.05) is 6.54 Å². The summed E-state index contributed by atoms with van der Waals surface area (Å²) in [6, 6.07) is 13.4. The zero-order valence-corrected chi connectivity index (χ0v) is 14.4. The molecule has 0 saturated carbocycles. The highest BCUT2D eigenvalue weighted by Crippen LogP contribution is 2.30. The predicted octanol–water partition coefficient (Wildman–Crippen LogP) is 0.0669. The number of carbonyl (C=O) groups is 1. The van der Waals surface area contributed by atoms with E-state index in [9.17, 15) is 23.4 Å². The van der Waals surface area contributed by atoms with Gasteiger partial charge in [0.2, 0.25) is 10.0 Å². The number of aliphatic hydroxyl groups is 2. The number of nitrogens with one attached hydrogen (secondary N) is 1. The number of carbonyl (C=O) groups excluding carboxylic acids is 1. The van der Waals surface area contributed by atoms with Gasteiger partial charge in [-0.05, 0) is 30.2 Å². The molecule has 2 aromatic carbocycles. The fourth-order valence-corrected chi connectivity index (χ4v) is 3.50. The van der Waals surface area contributed by atoms with Gasteiger partial charge in [-0.2, -0.15) is 0 Å². The van der Waals surface area contributed by atoms with E-state index in [0.717, 1.165) is 0 Å². The minimum atomic E-state index is -3.92.